The van der Waals surface area contributed by atoms with E-state index in [2.05, 4.69) is 21.3 Å². The number of ether oxygens (including phenoxy) is 1. The highest BCUT2D eigenvalue weighted by Gasteiger charge is 2.38. The van der Waals surface area contributed by atoms with Crippen LogP contribution in [0.2, 0.25) is 0 Å². The Morgan fingerprint density at radius 2 is 2.11 bits per heavy atom. The summed E-state index contributed by atoms with van der Waals surface area (Å²) in [4.78, 5) is 21.6. The lowest BCUT2D eigenvalue weighted by molar-refractivity contribution is -0.137. The number of likely N-dealkylation sites (tertiary alicyclic amines) is 1. The average molecular weight is 521 g/mol. The van der Waals surface area contributed by atoms with Crippen LogP contribution in [-0.2, 0) is 34.4 Å². The van der Waals surface area contributed by atoms with Gasteiger partial charge in [-0.05, 0) is 47.7 Å². The summed E-state index contributed by atoms with van der Waals surface area (Å²) >= 11 is 1.83. The van der Waals surface area contributed by atoms with Gasteiger partial charge in [-0.1, -0.05) is 12.1 Å². The van der Waals surface area contributed by atoms with Gasteiger partial charge < -0.3 is 10.1 Å². The molecule has 1 aromatic carbocycles. The number of pyridine rings is 1. The van der Waals surface area contributed by atoms with Gasteiger partial charge in [-0.15, -0.1) is 0 Å². The molecule has 3 aliphatic rings. The van der Waals surface area contributed by atoms with Gasteiger partial charge in [-0.2, -0.15) is 24.9 Å². The summed E-state index contributed by atoms with van der Waals surface area (Å²) in [5.41, 5.74) is 2.10. The first kappa shape index (κ1) is 25.5. The molecule has 0 radical (unpaired) electrons. The molecule has 0 bridgehead atoms. The highest BCUT2D eigenvalue weighted by atomic mass is 32.2. The molecular weight excluding hydrogens is 489 g/mol. The van der Waals surface area contributed by atoms with Crippen LogP contribution < -0.4 is 5.32 Å². The van der Waals surface area contributed by atoms with E-state index in [0.717, 1.165) is 55.7 Å². The number of carbonyl (C=O) groups is 1. The number of hydrogen-bond donors (Lipinski definition) is 1. The molecule has 2 fully saturated rings. The molecule has 3 atom stereocenters. The molecule has 0 aliphatic carbocycles. The standard InChI is InChI=1S/C26H31F3N4O2S/c27-26(28,29)21-4-3-19-5-8-32(12-20(19)10-21)15-25(34)31-23-13-33(22-6-9-35-16-22)14-24(23)36-17-18-2-1-7-30-11-18/h1-4,7,10-11,22-24H,5-6,8-9,12-17H2,(H,31,34)/t22?,23?,24-/m0/s1. The van der Waals surface area contributed by atoms with Crippen LogP contribution in [0.15, 0.2) is 42.7 Å². The van der Waals surface area contributed by atoms with Crippen molar-refractivity contribution < 1.29 is 22.7 Å². The smallest absolute Gasteiger partial charge is 0.380 e. The maximum absolute atomic E-state index is 13.1. The van der Waals surface area contributed by atoms with E-state index in [0.29, 0.717) is 31.1 Å². The van der Waals surface area contributed by atoms with Crippen LogP contribution in [0.3, 0.4) is 0 Å². The average Bonchev–Trinajstić information content (AvgIpc) is 3.53. The molecule has 1 N–H and O–H groups in total. The van der Waals surface area contributed by atoms with E-state index in [9.17, 15) is 18.0 Å². The molecule has 0 saturated carbocycles. The van der Waals surface area contributed by atoms with Crippen LogP contribution in [0.4, 0.5) is 13.2 Å². The van der Waals surface area contributed by atoms with E-state index in [1.54, 1.807) is 12.3 Å². The molecule has 10 heteroatoms. The van der Waals surface area contributed by atoms with Crippen molar-refractivity contribution in [1.82, 2.24) is 20.1 Å². The third kappa shape index (κ3) is 6.22. The highest BCUT2D eigenvalue weighted by Crippen LogP contribution is 2.32. The van der Waals surface area contributed by atoms with E-state index in [1.165, 1.54) is 6.07 Å². The Kier molecular flexibility index (Phi) is 7.85. The largest absolute Gasteiger partial charge is 0.416 e. The summed E-state index contributed by atoms with van der Waals surface area (Å²) in [6.07, 6.45) is 0.918. The molecule has 6 nitrogen and oxygen atoms in total. The number of benzene rings is 1. The van der Waals surface area contributed by atoms with Gasteiger partial charge in [0.15, 0.2) is 0 Å². The fourth-order valence-corrected chi connectivity index (χ4v) is 6.55. The van der Waals surface area contributed by atoms with Crippen LogP contribution in [-0.4, -0.2) is 77.4 Å². The van der Waals surface area contributed by atoms with Crippen LogP contribution in [0.25, 0.3) is 0 Å². The predicted octanol–water partition coefficient (Wildman–Crippen LogP) is 3.35. The van der Waals surface area contributed by atoms with Gasteiger partial charge in [0.1, 0.15) is 0 Å². The molecule has 0 spiro atoms. The van der Waals surface area contributed by atoms with Crippen molar-refractivity contribution >= 4 is 17.7 Å². The Morgan fingerprint density at radius 3 is 2.86 bits per heavy atom. The minimum absolute atomic E-state index is 0.00804. The van der Waals surface area contributed by atoms with Crippen molar-refractivity contribution in [3.05, 3.63) is 65.0 Å². The normalized spacial score (nSPS) is 25.1. The number of halogens is 3. The lowest BCUT2D eigenvalue weighted by atomic mass is 9.97. The number of nitrogens with one attached hydrogen (secondary N) is 1. The molecule has 2 saturated heterocycles. The zero-order chi connectivity index (χ0) is 25.1. The maximum atomic E-state index is 13.1. The van der Waals surface area contributed by atoms with Crippen molar-refractivity contribution in [2.75, 3.05) is 39.4 Å². The number of nitrogens with zero attached hydrogens (tertiary/aromatic N) is 3. The van der Waals surface area contributed by atoms with E-state index in [1.807, 2.05) is 28.9 Å². The van der Waals surface area contributed by atoms with E-state index >= 15 is 0 Å². The molecule has 36 heavy (non-hydrogen) atoms. The number of rotatable bonds is 7. The van der Waals surface area contributed by atoms with Gasteiger partial charge in [0.05, 0.1) is 24.8 Å². The minimum atomic E-state index is -4.37. The summed E-state index contributed by atoms with van der Waals surface area (Å²) in [6.45, 7) is 4.36. The second kappa shape index (κ2) is 11.1. The predicted molar refractivity (Wildman–Crippen MR) is 132 cm³/mol. The summed E-state index contributed by atoms with van der Waals surface area (Å²) < 4.78 is 45.0. The van der Waals surface area contributed by atoms with Crippen LogP contribution >= 0.6 is 11.8 Å². The molecular formula is C26H31F3N4O2S. The van der Waals surface area contributed by atoms with Gasteiger partial charge >= 0.3 is 6.18 Å². The van der Waals surface area contributed by atoms with E-state index in [-0.39, 0.29) is 23.7 Å². The summed E-state index contributed by atoms with van der Waals surface area (Å²) in [5, 5.41) is 3.49. The number of fused-ring (bicyclic) bond motifs is 1. The molecule has 2 aromatic rings. The molecule has 4 heterocycles. The van der Waals surface area contributed by atoms with Crippen LogP contribution in [0, 0.1) is 0 Å². The minimum Gasteiger partial charge on any atom is -0.380 e. The second-order valence-electron chi connectivity index (χ2n) is 9.80. The Bertz CT molecular complexity index is 1050. The number of aromatic nitrogens is 1. The number of hydrogen-bond acceptors (Lipinski definition) is 6. The third-order valence-corrected chi connectivity index (χ3v) is 8.65. The lowest BCUT2D eigenvalue weighted by Gasteiger charge is -2.29. The number of carbonyl (C=O) groups excluding carboxylic acids is 1. The fourth-order valence-electron chi connectivity index (χ4n) is 5.29. The van der Waals surface area contributed by atoms with Crippen molar-refractivity contribution in [3.63, 3.8) is 0 Å². The molecule has 1 amide bonds. The van der Waals surface area contributed by atoms with Crippen LogP contribution in [0.1, 0.15) is 28.7 Å². The Morgan fingerprint density at radius 1 is 1.22 bits per heavy atom. The van der Waals surface area contributed by atoms with Gasteiger partial charge in [-0.3, -0.25) is 19.6 Å². The fraction of sp³-hybridized carbons (Fsp3) is 0.538. The Balaban J connectivity index is 1.20. The lowest BCUT2D eigenvalue weighted by Crippen LogP contribution is -2.47. The monoisotopic (exact) mass is 520 g/mol. The second-order valence-corrected chi connectivity index (χ2v) is 11.0. The first-order valence-corrected chi connectivity index (χ1v) is 13.4. The van der Waals surface area contributed by atoms with Crippen LogP contribution in [0.5, 0.6) is 0 Å². The zero-order valence-corrected chi connectivity index (χ0v) is 20.9. The topological polar surface area (TPSA) is 57.7 Å². The maximum Gasteiger partial charge on any atom is 0.416 e. The van der Waals surface area contributed by atoms with Crippen molar-refractivity contribution in [2.24, 2.45) is 0 Å². The SMILES string of the molecule is O=C(CN1CCc2ccc(C(F)(F)F)cc2C1)NC1CN(C2CCOC2)C[C@@H]1SCc1cccnc1. The van der Waals surface area contributed by atoms with Crippen molar-refractivity contribution in [1.29, 1.82) is 0 Å². The quantitative estimate of drug-likeness (QED) is 0.605. The summed E-state index contributed by atoms with van der Waals surface area (Å²) in [7, 11) is 0. The van der Waals surface area contributed by atoms with Gasteiger partial charge in [0.25, 0.3) is 0 Å². The summed E-state index contributed by atoms with van der Waals surface area (Å²) in [6, 6.07) is 8.32. The number of thioether (sulfide) groups is 1. The van der Waals surface area contributed by atoms with Crippen molar-refractivity contribution in [3.8, 4) is 0 Å². The van der Waals surface area contributed by atoms with Gasteiger partial charge in [0.2, 0.25) is 5.91 Å². The van der Waals surface area contributed by atoms with E-state index < -0.39 is 11.7 Å². The zero-order valence-electron chi connectivity index (χ0n) is 20.0. The number of amides is 1. The first-order valence-electron chi connectivity index (χ1n) is 12.4. The molecule has 2 unspecified atom stereocenters. The number of alkyl halides is 3. The van der Waals surface area contributed by atoms with E-state index in [4.69, 9.17) is 4.74 Å². The van der Waals surface area contributed by atoms with Crippen molar-refractivity contribution in [2.45, 2.75) is 48.6 Å². The highest BCUT2D eigenvalue weighted by molar-refractivity contribution is 7.99. The molecule has 1 aromatic heterocycles. The first-order chi connectivity index (χ1) is 17.3. The van der Waals surface area contributed by atoms with Gasteiger partial charge in [-0.25, -0.2) is 0 Å². The molecule has 194 valence electrons. The molecule has 3 aliphatic heterocycles. The van der Waals surface area contributed by atoms with Gasteiger partial charge in [0, 0.05) is 62.2 Å². The molecule has 5 rings (SSSR count). The third-order valence-electron chi connectivity index (χ3n) is 7.24. The summed E-state index contributed by atoms with van der Waals surface area (Å²) in [5.74, 6) is 0.747. The Labute approximate surface area is 213 Å². The Hall–Kier alpha value is -2.14.